The Hall–Kier alpha value is -3.52. The fraction of sp³-hybridized carbons (Fsp3) is 0.370. The highest BCUT2D eigenvalue weighted by Gasteiger charge is 2.27. The second kappa shape index (κ2) is 10.8. The molecule has 2 saturated heterocycles. The van der Waals surface area contributed by atoms with Gasteiger partial charge in [0.25, 0.3) is 0 Å². The van der Waals surface area contributed by atoms with E-state index in [1.807, 2.05) is 29.2 Å². The van der Waals surface area contributed by atoms with Gasteiger partial charge in [0, 0.05) is 19.2 Å². The maximum absolute atomic E-state index is 13.7. The van der Waals surface area contributed by atoms with Crippen molar-refractivity contribution in [3.8, 4) is 17.3 Å². The van der Waals surface area contributed by atoms with Gasteiger partial charge in [-0.05, 0) is 74.7 Å². The maximum Gasteiger partial charge on any atom is 0.213 e. The number of hydrogen-bond acceptors (Lipinski definition) is 5. The van der Waals surface area contributed by atoms with Crippen molar-refractivity contribution < 1.29 is 9.13 Å². The maximum atomic E-state index is 13.7. The Balaban J connectivity index is 1.20. The molecule has 0 spiro atoms. The predicted molar refractivity (Wildman–Crippen MR) is 135 cm³/mol. The van der Waals surface area contributed by atoms with Crippen LogP contribution in [0.4, 0.5) is 4.39 Å². The number of benzene rings is 1. The van der Waals surface area contributed by atoms with Crippen molar-refractivity contribution in [3.63, 3.8) is 0 Å². The van der Waals surface area contributed by atoms with Crippen LogP contribution in [0, 0.1) is 11.2 Å². The summed E-state index contributed by atoms with van der Waals surface area (Å²) in [5, 5.41) is 8.57. The van der Waals surface area contributed by atoms with E-state index in [4.69, 9.17) is 10.1 Å². The minimum atomic E-state index is -0.241. The van der Waals surface area contributed by atoms with E-state index < -0.39 is 0 Å². The third-order valence-electron chi connectivity index (χ3n) is 6.65. The Morgan fingerprint density at radius 3 is 2.86 bits per heavy atom. The Morgan fingerprint density at radius 2 is 2.00 bits per heavy atom. The van der Waals surface area contributed by atoms with E-state index in [1.165, 1.54) is 18.9 Å². The first-order valence-electron chi connectivity index (χ1n) is 12.3. The molecule has 3 aromatic rings. The first-order chi connectivity index (χ1) is 17.2. The molecule has 2 aromatic heterocycles. The van der Waals surface area contributed by atoms with Gasteiger partial charge in [-0.1, -0.05) is 18.2 Å². The van der Waals surface area contributed by atoms with E-state index >= 15 is 0 Å². The molecule has 7 nitrogen and oxygen atoms in total. The number of aromatic amines is 1. The largest absolute Gasteiger partial charge is 0.476 e. The number of imidazole rings is 1. The van der Waals surface area contributed by atoms with E-state index in [0.29, 0.717) is 24.1 Å². The third kappa shape index (κ3) is 5.77. The van der Waals surface area contributed by atoms with Crippen molar-refractivity contribution in [1.29, 1.82) is 5.41 Å². The average molecular weight is 475 g/mol. The molecule has 35 heavy (non-hydrogen) atoms. The van der Waals surface area contributed by atoms with Gasteiger partial charge in [0.1, 0.15) is 24.1 Å². The molecular weight excluding hydrogens is 443 g/mol. The van der Waals surface area contributed by atoms with E-state index in [-0.39, 0.29) is 11.9 Å². The number of aromatic nitrogens is 3. The molecule has 5 rings (SSSR count). The predicted octanol–water partition coefficient (Wildman–Crippen LogP) is 4.91. The van der Waals surface area contributed by atoms with E-state index in [0.717, 1.165) is 56.0 Å². The standard InChI is InChI=1S/C27H31FN6O/c28-21-7-3-6-20(18-21)24-9-5-15-34(24)25(29)11-12-26-30-19-23(31-26)22-8-4-10-27(32-22)35-17-16-33-13-1-2-14-33/h3-4,6-8,10-12,18-19,24,29H,1-2,5,9,13-17H2,(H,30,31). The molecule has 0 bridgehead atoms. The van der Waals surface area contributed by atoms with Gasteiger partial charge in [-0.25, -0.2) is 14.4 Å². The Bertz CT molecular complexity index is 1190. The molecule has 182 valence electrons. The van der Waals surface area contributed by atoms with Crippen LogP contribution in [0.15, 0.2) is 54.7 Å². The zero-order valence-electron chi connectivity index (χ0n) is 19.8. The number of halogens is 1. The van der Waals surface area contributed by atoms with Gasteiger partial charge in [0.2, 0.25) is 5.88 Å². The summed E-state index contributed by atoms with van der Waals surface area (Å²) in [5.41, 5.74) is 2.46. The second-order valence-corrected chi connectivity index (χ2v) is 9.07. The summed E-state index contributed by atoms with van der Waals surface area (Å²) in [6, 6.07) is 12.4. The number of ether oxygens (including phenoxy) is 1. The van der Waals surface area contributed by atoms with Gasteiger partial charge in [0.05, 0.1) is 23.6 Å². The van der Waals surface area contributed by atoms with Crippen molar-refractivity contribution >= 4 is 11.9 Å². The third-order valence-corrected chi connectivity index (χ3v) is 6.65. The molecule has 1 unspecified atom stereocenters. The van der Waals surface area contributed by atoms with Gasteiger partial charge in [-0.2, -0.15) is 0 Å². The summed E-state index contributed by atoms with van der Waals surface area (Å²) < 4.78 is 19.6. The second-order valence-electron chi connectivity index (χ2n) is 9.07. The molecule has 2 N–H and O–H groups in total. The molecule has 0 amide bonds. The molecule has 4 heterocycles. The summed E-state index contributed by atoms with van der Waals surface area (Å²) in [7, 11) is 0. The van der Waals surface area contributed by atoms with Crippen molar-refractivity contribution in [2.24, 2.45) is 0 Å². The van der Waals surface area contributed by atoms with E-state index in [9.17, 15) is 4.39 Å². The molecule has 0 saturated carbocycles. The number of nitrogens with one attached hydrogen (secondary N) is 2. The SMILES string of the molecule is N=C(C=Cc1ncc(-c2cccc(OCCN3CCCC3)n2)[nH]1)N1CCCC1c1cccc(F)c1. The molecule has 8 heteroatoms. The van der Waals surface area contributed by atoms with Crippen molar-refractivity contribution in [3.05, 3.63) is 71.9 Å². The minimum Gasteiger partial charge on any atom is -0.476 e. The minimum absolute atomic E-state index is 0.0208. The van der Waals surface area contributed by atoms with Crippen LogP contribution in [0.25, 0.3) is 17.5 Å². The number of amidine groups is 1. The zero-order chi connectivity index (χ0) is 24.0. The quantitative estimate of drug-likeness (QED) is 0.358. The molecule has 1 atom stereocenters. The lowest BCUT2D eigenvalue weighted by molar-refractivity contribution is 0.232. The van der Waals surface area contributed by atoms with Gasteiger partial charge < -0.3 is 14.6 Å². The monoisotopic (exact) mass is 474 g/mol. The number of nitrogens with zero attached hydrogens (tertiary/aromatic N) is 4. The zero-order valence-corrected chi connectivity index (χ0v) is 19.8. The summed E-state index contributed by atoms with van der Waals surface area (Å²) in [6.07, 6.45) is 9.71. The summed E-state index contributed by atoms with van der Waals surface area (Å²) in [4.78, 5) is 16.7. The van der Waals surface area contributed by atoms with Crippen molar-refractivity contribution in [2.75, 3.05) is 32.8 Å². The molecule has 2 fully saturated rings. The highest BCUT2D eigenvalue weighted by atomic mass is 19.1. The first kappa shape index (κ1) is 23.2. The number of pyridine rings is 1. The topological polar surface area (TPSA) is 81.1 Å². The van der Waals surface area contributed by atoms with Gasteiger partial charge in [0.15, 0.2) is 0 Å². The van der Waals surface area contributed by atoms with Crippen LogP contribution in [0.1, 0.15) is 43.1 Å². The first-order valence-corrected chi connectivity index (χ1v) is 12.3. The Kier molecular flexibility index (Phi) is 7.18. The fourth-order valence-electron chi connectivity index (χ4n) is 4.85. The normalized spacial score (nSPS) is 18.5. The Labute approximate surface area is 205 Å². The van der Waals surface area contributed by atoms with Crippen LogP contribution < -0.4 is 4.74 Å². The van der Waals surface area contributed by atoms with Crippen LogP contribution >= 0.6 is 0 Å². The fourth-order valence-corrected chi connectivity index (χ4v) is 4.85. The molecular formula is C27H31FN6O. The summed E-state index contributed by atoms with van der Waals surface area (Å²) in [5.74, 6) is 1.40. The summed E-state index contributed by atoms with van der Waals surface area (Å²) in [6.45, 7) is 4.64. The van der Waals surface area contributed by atoms with Crippen molar-refractivity contribution in [1.82, 2.24) is 24.8 Å². The number of rotatable bonds is 8. The molecule has 0 aliphatic carbocycles. The number of likely N-dealkylation sites (tertiary alicyclic amines) is 2. The average Bonchev–Trinajstić information content (AvgIpc) is 3.65. The molecule has 2 aliphatic heterocycles. The highest BCUT2D eigenvalue weighted by molar-refractivity contribution is 5.94. The smallest absolute Gasteiger partial charge is 0.213 e. The highest BCUT2D eigenvalue weighted by Crippen LogP contribution is 2.32. The number of hydrogen-bond donors (Lipinski definition) is 2. The number of H-pyrrole nitrogens is 1. The van der Waals surface area contributed by atoms with Crippen LogP contribution in [-0.2, 0) is 0 Å². The van der Waals surface area contributed by atoms with Crippen LogP contribution in [0.3, 0.4) is 0 Å². The van der Waals surface area contributed by atoms with Gasteiger partial charge >= 0.3 is 0 Å². The lowest BCUT2D eigenvalue weighted by Crippen LogP contribution is -2.28. The molecule has 2 aliphatic rings. The molecule has 0 radical (unpaired) electrons. The van der Waals surface area contributed by atoms with Crippen LogP contribution in [0.5, 0.6) is 5.88 Å². The van der Waals surface area contributed by atoms with Crippen molar-refractivity contribution in [2.45, 2.75) is 31.7 Å². The molecule has 1 aromatic carbocycles. The lowest BCUT2D eigenvalue weighted by atomic mass is 10.0. The summed E-state index contributed by atoms with van der Waals surface area (Å²) >= 11 is 0. The van der Waals surface area contributed by atoms with E-state index in [2.05, 4.69) is 19.9 Å². The van der Waals surface area contributed by atoms with E-state index in [1.54, 1.807) is 30.5 Å². The van der Waals surface area contributed by atoms with Crippen LogP contribution in [0.2, 0.25) is 0 Å². The Morgan fingerprint density at radius 1 is 1.14 bits per heavy atom. The van der Waals surface area contributed by atoms with Gasteiger partial charge in [-0.3, -0.25) is 10.3 Å². The lowest BCUT2D eigenvalue weighted by Gasteiger charge is -2.26. The van der Waals surface area contributed by atoms with Gasteiger partial charge in [-0.15, -0.1) is 0 Å². The van der Waals surface area contributed by atoms with Crippen LogP contribution in [-0.4, -0.2) is 63.4 Å².